The van der Waals surface area contributed by atoms with E-state index in [4.69, 9.17) is 23.1 Å². The van der Waals surface area contributed by atoms with Crippen molar-refractivity contribution in [1.29, 1.82) is 5.26 Å². The normalized spacial score (nSPS) is 23.8. The molecule has 1 fully saturated rings. The lowest BCUT2D eigenvalue weighted by Crippen LogP contribution is -2.49. The fourth-order valence-electron chi connectivity index (χ4n) is 6.00. The predicted molar refractivity (Wildman–Crippen MR) is 191 cm³/mol. The Kier molecular flexibility index (Phi) is 10.9. The second-order valence-electron chi connectivity index (χ2n) is 16.8. The summed E-state index contributed by atoms with van der Waals surface area (Å²) in [6.07, 6.45) is 9.76. The Labute approximate surface area is 280 Å². The highest BCUT2D eigenvalue weighted by molar-refractivity contribution is 6.74. The van der Waals surface area contributed by atoms with Crippen molar-refractivity contribution in [2.75, 3.05) is 20.3 Å². The Morgan fingerprint density at radius 2 is 1.61 bits per heavy atom. The third-order valence-corrected chi connectivity index (χ3v) is 14.9. The molecule has 9 heteroatoms. The van der Waals surface area contributed by atoms with Gasteiger partial charge in [-0.1, -0.05) is 65.8 Å². The third kappa shape index (κ3) is 8.32. The van der Waals surface area contributed by atoms with E-state index >= 15 is 0 Å². The van der Waals surface area contributed by atoms with Crippen LogP contribution in [0.2, 0.25) is 37.8 Å². The lowest BCUT2D eigenvalue weighted by Gasteiger charge is -2.46. The number of hydrogen-bond acceptors (Lipinski definition) is 7. The molecule has 0 aromatic heterocycles. The first-order chi connectivity index (χ1) is 20.9. The van der Waals surface area contributed by atoms with Crippen molar-refractivity contribution in [3.8, 4) is 17.6 Å². The van der Waals surface area contributed by atoms with Gasteiger partial charge in [-0.3, -0.25) is 4.79 Å². The molecule has 1 aliphatic heterocycles. The lowest BCUT2D eigenvalue weighted by atomic mass is 9.64. The van der Waals surface area contributed by atoms with Crippen LogP contribution in [0.25, 0.3) is 6.08 Å². The first-order valence-electron chi connectivity index (χ1n) is 16.3. The summed E-state index contributed by atoms with van der Waals surface area (Å²) >= 11 is 0. The minimum atomic E-state index is -2.06. The molecular weight excluding hydrogens is 611 g/mol. The van der Waals surface area contributed by atoms with Gasteiger partial charge in [0.2, 0.25) is 5.79 Å². The van der Waals surface area contributed by atoms with Crippen LogP contribution in [0.4, 0.5) is 0 Å². The molecule has 1 aromatic rings. The van der Waals surface area contributed by atoms with Crippen LogP contribution in [0.1, 0.15) is 67.4 Å². The van der Waals surface area contributed by atoms with E-state index in [0.29, 0.717) is 24.5 Å². The Morgan fingerprint density at radius 1 is 1.00 bits per heavy atom. The molecule has 1 aliphatic carbocycles. The minimum Gasteiger partial charge on any atom is -0.541 e. The van der Waals surface area contributed by atoms with E-state index in [1.807, 2.05) is 56.4 Å². The van der Waals surface area contributed by atoms with E-state index in [1.54, 1.807) is 13.2 Å². The summed E-state index contributed by atoms with van der Waals surface area (Å²) in [6, 6.07) is 8.24. The van der Waals surface area contributed by atoms with E-state index in [2.05, 4.69) is 80.3 Å². The van der Waals surface area contributed by atoms with Crippen molar-refractivity contribution in [3.63, 3.8) is 0 Å². The highest BCUT2D eigenvalue weighted by Gasteiger charge is 2.52. The number of rotatable bonds is 11. The van der Waals surface area contributed by atoms with Crippen molar-refractivity contribution in [2.24, 2.45) is 16.2 Å². The van der Waals surface area contributed by atoms with Crippen molar-refractivity contribution in [1.82, 2.24) is 0 Å². The predicted octanol–water partition coefficient (Wildman–Crippen LogP) is 9.09. The average Bonchev–Trinajstić information content (AvgIpc) is 3.42. The standard InChI is InChI=1S/C37H57NO6Si2/c1-33(2,3)46(13,14)43-29-16-15-27(23-30(29)40-9)17-20-37(41-21-22-42-37)35(6,7)31(39)18-19-36(8)24-28(25-38)32(34(4,5)26-36)44-45(10,11)12/h15-20,23-24,32H,21-22,26H2,1-14H3/b19-18+,20-17+. The molecule has 0 amide bonds. The molecule has 1 aromatic carbocycles. The van der Waals surface area contributed by atoms with Crippen molar-refractivity contribution in [2.45, 2.75) is 111 Å². The highest BCUT2D eigenvalue weighted by Crippen LogP contribution is 2.48. The van der Waals surface area contributed by atoms with Crippen LogP contribution in [-0.4, -0.2) is 54.6 Å². The number of carbonyl (C=O) groups is 1. The largest absolute Gasteiger partial charge is 0.541 e. The van der Waals surface area contributed by atoms with Crippen LogP contribution in [0.5, 0.6) is 11.5 Å². The van der Waals surface area contributed by atoms with Gasteiger partial charge in [0, 0.05) is 5.41 Å². The Bertz CT molecular complexity index is 1410. The Morgan fingerprint density at radius 3 is 2.13 bits per heavy atom. The number of methoxy groups -OCH3 is 1. The average molecular weight is 668 g/mol. The van der Waals surface area contributed by atoms with Gasteiger partial charge in [-0.15, -0.1) is 0 Å². The second-order valence-corrected chi connectivity index (χ2v) is 26.0. The van der Waals surface area contributed by atoms with Gasteiger partial charge in [-0.25, -0.2) is 0 Å². The monoisotopic (exact) mass is 667 g/mol. The van der Waals surface area contributed by atoms with Gasteiger partial charge in [0.25, 0.3) is 8.32 Å². The molecule has 0 spiro atoms. The molecule has 0 saturated carbocycles. The Balaban J connectivity index is 1.89. The van der Waals surface area contributed by atoms with E-state index in [9.17, 15) is 10.1 Å². The first-order valence-corrected chi connectivity index (χ1v) is 22.6. The molecule has 2 aliphatic rings. The molecule has 254 valence electrons. The molecule has 2 atom stereocenters. The summed E-state index contributed by atoms with van der Waals surface area (Å²) in [7, 11) is -2.31. The van der Waals surface area contributed by atoms with Crippen LogP contribution in [-0.2, 0) is 18.7 Å². The fourth-order valence-corrected chi connectivity index (χ4v) is 8.18. The number of allylic oxidation sites excluding steroid dienone is 3. The van der Waals surface area contributed by atoms with Gasteiger partial charge in [0.15, 0.2) is 19.9 Å². The SMILES string of the molecule is COc1cc(/C=C/C2(C(C)(C)C(=O)/C=C/C3(C)C=C(C#N)C(O[Si](C)(C)C)C(C)(C)C3)OCCO2)ccc1O[Si](C)(C)C(C)(C)C. The first kappa shape index (κ1) is 38.0. The van der Waals surface area contributed by atoms with Gasteiger partial charge in [0.05, 0.1) is 43.5 Å². The van der Waals surface area contributed by atoms with E-state index < -0.39 is 33.3 Å². The summed E-state index contributed by atoms with van der Waals surface area (Å²) in [6.45, 7) is 28.3. The number of nitrogens with zero attached hydrogens (tertiary/aromatic N) is 1. The van der Waals surface area contributed by atoms with E-state index in [0.717, 1.165) is 17.7 Å². The van der Waals surface area contributed by atoms with Crippen LogP contribution >= 0.6 is 0 Å². The molecule has 2 unspecified atom stereocenters. The molecule has 0 bridgehead atoms. The van der Waals surface area contributed by atoms with Gasteiger partial charge < -0.3 is 23.1 Å². The molecule has 7 nitrogen and oxygen atoms in total. The van der Waals surface area contributed by atoms with Gasteiger partial charge in [-0.2, -0.15) is 5.26 Å². The summed E-state index contributed by atoms with van der Waals surface area (Å²) in [4.78, 5) is 14.0. The highest BCUT2D eigenvalue weighted by atomic mass is 28.4. The number of hydrogen-bond donors (Lipinski definition) is 0. The zero-order valence-corrected chi connectivity index (χ0v) is 32.7. The maximum Gasteiger partial charge on any atom is 0.250 e. The molecule has 0 N–H and O–H groups in total. The topological polar surface area (TPSA) is 87.0 Å². The summed E-state index contributed by atoms with van der Waals surface area (Å²) < 4.78 is 31.1. The van der Waals surface area contributed by atoms with Crippen molar-refractivity contribution >= 4 is 28.5 Å². The van der Waals surface area contributed by atoms with Crippen LogP contribution < -0.4 is 9.16 Å². The Hall–Kier alpha value is -2.49. The second kappa shape index (κ2) is 13.2. The van der Waals surface area contributed by atoms with Crippen LogP contribution in [0.3, 0.4) is 0 Å². The fraction of sp³-hybridized carbons (Fsp3) is 0.622. The summed E-state index contributed by atoms with van der Waals surface area (Å²) in [5, 5.41) is 10.1. The molecule has 46 heavy (non-hydrogen) atoms. The molecule has 1 heterocycles. The van der Waals surface area contributed by atoms with E-state index in [1.165, 1.54) is 0 Å². The number of carbonyl (C=O) groups excluding carboxylic acids is 1. The number of nitriles is 1. The lowest BCUT2D eigenvalue weighted by molar-refractivity contribution is -0.191. The van der Waals surface area contributed by atoms with Gasteiger partial charge in [0.1, 0.15) is 5.75 Å². The molecular formula is C37H57NO6Si2. The van der Waals surface area contributed by atoms with Crippen LogP contribution in [0, 0.1) is 27.6 Å². The number of ketones is 1. The molecule has 1 saturated heterocycles. The maximum absolute atomic E-state index is 14.0. The minimum absolute atomic E-state index is 0.0517. The van der Waals surface area contributed by atoms with E-state index in [-0.39, 0.29) is 22.3 Å². The molecule has 3 rings (SSSR count). The molecule has 0 radical (unpaired) electrons. The van der Waals surface area contributed by atoms with Gasteiger partial charge in [-0.05, 0) is 93.3 Å². The number of ether oxygens (including phenoxy) is 3. The third-order valence-electron chi connectivity index (χ3n) is 9.59. The maximum atomic E-state index is 14.0. The summed E-state index contributed by atoms with van der Waals surface area (Å²) in [5.41, 5.74) is -0.331. The van der Waals surface area contributed by atoms with Gasteiger partial charge >= 0.3 is 0 Å². The zero-order valence-electron chi connectivity index (χ0n) is 30.7. The summed E-state index contributed by atoms with van der Waals surface area (Å²) in [5.74, 6) is -0.00443. The van der Waals surface area contributed by atoms with Crippen LogP contribution in [0.15, 0.2) is 48.1 Å². The smallest absolute Gasteiger partial charge is 0.250 e. The quantitative estimate of drug-likeness (QED) is 0.172. The number of benzene rings is 1. The van der Waals surface area contributed by atoms with Crippen molar-refractivity contribution < 1.29 is 27.9 Å². The van der Waals surface area contributed by atoms with Crippen molar-refractivity contribution in [3.05, 3.63) is 53.6 Å². The zero-order chi connectivity index (χ0) is 35.0.